The maximum Gasteiger partial charge on any atom is 0.352 e. The van der Waals surface area contributed by atoms with E-state index in [1.807, 2.05) is 6.07 Å². The summed E-state index contributed by atoms with van der Waals surface area (Å²) in [6.45, 7) is 0. The highest BCUT2D eigenvalue weighted by Gasteiger charge is 2.13. The first-order valence-electron chi connectivity index (χ1n) is 5.74. The summed E-state index contributed by atoms with van der Waals surface area (Å²) in [5.74, 6) is -1.28. The first kappa shape index (κ1) is 11.5. The molecule has 0 fully saturated rings. The van der Waals surface area contributed by atoms with E-state index in [9.17, 15) is 9.18 Å². The average Bonchev–Trinajstić information content (AvgIpc) is 2.91. The Morgan fingerprint density at radius 2 is 2.05 bits per heavy atom. The van der Waals surface area contributed by atoms with Crippen molar-refractivity contribution in [3.63, 3.8) is 0 Å². The predicted molar refractivity (Wildman–Crippen MR) is 69.6 cm³/mol. The molecule has 0 unspecified atom stereocenters. The molecule has 3 rings (SSSR count). The lowest BCUT2D eigenvalue weighted by molar-refractivity contribution is 0.0687. The van der Waals surface area contributed by atoms with Gasteiger partial charge in [0.05, 0.1) is 11.4 Å². The Labute approximate surface area is 108 Å². The summed E-state index contributed by atoms with van der Waals surface area (Å²) < 4.78 is 14.7. The Kier molecular flexibility index (Phi) is 2.41. The lowest BCUT2D eigenvalue weighted by atomic mass is 10.2. The Morgan fingerprint density at radius 3 is 2.74 bits per heavy atom. The molecular weight excluding hydrogens is 247 g/mol. The van der Waals surface area contributed by atoms with E-state index in [-0.39, 0.29) is 11.5 Å². The summed E-state index contributed by atoms with van der Waals surface area (Å²) in [5, 5.41) is 9.91. The molecule has 1 aromatic carbocycles. The van der Waals surface area contributed by atoms with E-state index >= 15 is 0 Å². The Bertz CT molecular complexity index is 786. The third kappa shape index (κ3) is 1.79. The number of H-pyrrole nitrogens is 1. The monoisotopic (exact) mass is 258 g/mol. The van der Waals surface area contributed by atoms with Gasteiger partial charge in [0, 0.05) is 18.0 Å². The molecule has 0 aliphatic rings. The lowest BCUT2D eigenvalue weighted by Gasteiger charge is -2.02. The van der Waals surface area contributed by atoms with Gasteiger partial charge in [0.2, 0.25) is 0 Å². The molecule has 0 aliphatic carbocycles. The number of benzene rings is 1. The molecule has 0 radical (unpaired) electrons. The van der Waals surface area contributed by atoms with Crippen LogP contribution in [0.2, 0.25) is 0 Å². The maximum atomic E-state index is 13.1. The maximum absolute atomic E-state index is 13.1. The molecule has 2 heterocycles. The molecule has 0 spiro atoms. The first-order chi connectivity index (χ1) is 9.06. The van der Waals surface area contributed by atoms with Crippen molar-refractivity contribution in [2.24, 2.45) is 7.05 Å². The van der Waals surface area contributed by atoms with Crippen LogP contribution in [0.3, 0.4) is 0 Å². The van der Waals surface area contributed by atoms with Gasteiger partial charge < -0.3 is 14.7 Å². The number of nitrogens with one attached hydrogen (secondary N) is 1. The fourth-order valence-corrected chi connectivity index (χ4v) is 2.23. The smallest absolute Gasteiger partial charge is 0.352 e. The van der Waals surface area contributed by atoms with E-state index in [4.69, 9.17) is 5.11 Å². The number of aromatic carboxylic acids is 1. The van der Waals surface area contributed by atoms with Crippen molar-refractivity contribution in [2.75, 3.05) is 0 Å². The van der Waals surface area contributed by atoms with Crippen molar-refractivity contribution >= 4 is 16.9 Å². The Morgan fingerprint density at radius 1 is 1.26 bits per heavy atom. The normalized spacial score (nSPS) is 11.1. The number of aromatic nitrogens is 2. The zero-order valence-corrected chi connectivity index (χ0v) is 10.1. The molecule has 3 aromatic rings. The summed E-state index contributed by atoms with van der Waals surface area (Å²) in [5.41, 5.74) is 2.40. The second-order valence-electron chi connectivity index (χ2n) is 4.38. The second-order valence-corrected chi connectivity index (χ2v) is 4.38. The van der Waals surface area contributed by atoms with E-state index in [1.54, 1.807) is 29.8 Å². The van der Waals surface area contributed by atoms with Crippen LogP contribution in [0.4, 0.5) is 4.39 Å². The first-order valence-corrected chi connectivity index (χ1v) is 5.74. The molecule has 2 aromatic heterocycles. The van der Waals surface area contributed by atoms with Crippen molar-refractivity contribution in [2.45, 2.75) is 0 Å². The van der Waals surface area contributed by atoms with Gasteiger partial charge in [-0.2, -0.15) is 0 Å². The van der Waals surface area contributed by atoms with Gasteiger partial charge >= 0.3 is 5.97 Å². The van der Waals surface area contributed by atoms with Gasteiger partial charge in [-0.3, -0.25) is 0 Å². The number of carboxylic acid groups (broad SMARTS) is 1. The van der Waals surface area contributed by atoms with Gasteiger partial charge in [0.25, 0.3) is 0 Å². The number of hydrogen-bond donors (Lipinski definition) is 2. The highest BCUT2D eigenvalue weighted by Crippen LogP contribution is 2.25. The highest BCUT2D eigenvalue weighted by molar-refractivity contribution is 5.89. The van der Waals surface area contributed by atoms with Gasteiger partial charge in [0.15, 0.2) is 0 Å². The van der Waals surface area contributed by atoms with Crippen molar-refractivity contribution in [1.29, 1.82) is 0 Å². The van der Waals surface area contributed by atoms with Crippen LogP contribution in [0.1, 0.15) is 10.5 Å². The molecule has 0 saturated carbocycles. The minimum absolute atomic E-state index is 0.208. The fourth-order valence-electron chi connectivity index (χ4n) is 2.23. The van der Waals surface area contributed by atoms with E-state index in [2.05, 4.69) is 4.98 Å². The molecule has 0 amide bonds. The zero-order chi connectivity index (χ0) is 13.6. The van der Waals surface area contributed by atoms with Gasteiger partial charge in [-0.05, 0) is 36.4 Å². The minimum Gasteiger partial charge on any atom is -0.477 e. The van der Waals surface area contributed by atoms with Crippen LogP contribution in [0, 0.1) is 5.82 Å². The van der Waals surface area contributed by atoms with Gasteiger partial charge in [-0.15, -0.1) is 0 Å². The van der Waals surface area contributed by atoms with Gasteiger partial charge in [-0.1, -0.05) is 0 Å². The molecule has 19 heavy (non-hydrogen) atoms. The Balaban J connectivity index is 2.16. The molecule has 2 N–H and O–H groups in total. The number of halogens is 1. The van der Waals surface area contributed by atoms with Crippen LogP contribution in [0.15, 0.2) is 36.4 Å². The van der Waals surface area contributed by atoms with Crippen LogP contribution in [-0.4, -0.2) is 20.6 Å². The number of fused-ring (bicyclic) bond motifs is 1. The molecule has 0 saturated heterocycles. The summed E-state index contributed by atoms with van der Waals surface area (Å²) in [6.07, 6.45) is 0. The number of hydrogen-bond acceptors (Lipinski definition) is 1. The molecule has 4 nitrogen and oxygen atoms in total. The molecule has 96 valence electrons. The van der Waals surface area contributed by atoms with Crippen LogP contribution in [-0.2, 0) is 7.05 Å². The largest absolute Gasteiger partial charge is 0.477 e. The van der Waals surface area contributed by atoms with E-state index in [0.717, 1.165) is 16.8 Å². The summed E-state index contributed by atoms with van der Waals surface area (Å²) in [4.78, 5) is 14.1. The SMILES string of the molecule is Cn1c(C(=O)O)ccc1-c1cc2ccc(F)cc2[nH]1. The number of aromatic amines is 1. The highest BCUT2D eigenvalue weighted by atomic mass is 19.1. The summed E-state index contributed by atoms with van der Waals surface area (Å²) in [6, 6.07) is 9.64. The molecule has 5 heteroatoms. The molecule has 0 atom stereocenters. The topological polar surface area (TPSA) is 58.0 Å². The summed E-state index contributed by atoms with van der Waals surface area (Å²) >= 11 is 0. The number of rotatable bonds is 2. The van der Waals surface area contributed by atoms with Crippen molar-refractivity contribution in [3.8, 4) is 11.4 Å². The van der Waals surface area contributed by atoms with Crippen LogP contribution < -0.4 is 0 Å². The summed E-state index contributed by atoms with van der Waals surface area (Å²) in [7, 11) is 1.69. The predicted octanol–water partition coefficient (Wildman–Crippen LogP) is 3.01. The molecule has 0 aliphatic heterocycles. The number of carbonyl (C=O) groups is 1. The van der Waals surface area contributed by atoms with E-state index in [0.29, 0.717) is 5.52 Å². The van der Waals surface area contributed by atoms with Gasteiger partial charge in [0.1, 0.15) is 11.5 Å². The second kappa shape index (κ2) is 3.98. The third-order valence-electron chi connectivity index (χ3n) is 3.20. The molecular formula is C14H11FN2O2. The number of nitrogens with zero attached hydrogens (tertiary/aromatic N) is 1. The number of carboxylic acids is 1. The van der Waals surface area contributed by atoms with Crippen LogP contribution in [0.5, 0.6) is 0 Å². The zero-order valence-electron chi connectivity index (χ0n) is 10.1. The van der Waals surface area contributed by atoms with Crippen molar-refractivity contribution < 1.29 is 14.3 Å². The quantitative estimate of drug-likeness (QED) is 0.742. The fraction of sp³-hybridized carbons (Fsp3) is 0.0714. The molecule has 0 bridgehead atoms. The Hall–Kier alpha value is -2.56. The van der Waals surface area contributed by atoms with E-state index < -0.39 is 5.97 Å². The third-order valence-corrected chi connectivity index (χ3v) is 3.20. The van der Waals surface area contributed by atoms with Gasteiger partial charge in [-0.25, -0.2) is 9.18 Å². The lowest BCUT2D eigenvalue weighted by Crippen LogP contribution is -2.05. The minimum atomic E-state index is -0.976. The van der Waals surface area contributed by atoms with E-state index in [1.165, 1.54) is 12.1 Å². The average molecular weight is 258 g/mol. The van der Waals surface area contributed by atoms with Crippen LogP contribution >= 0.6 is 0 Å². The van der Waals surface area contributed by atoms with Crippen molar-refractivity contribution in [1.82, 2.24) is 9.55 Å². The van der Waals surface area contributed by atoms with Crippen molar-refractivity contribution in [3.05, 3.63) is 47.9 Å². The van der Waals surface area contributed by atoms with Crippen LogP contribution in [0.25, 0.3) is 22.3 Å². The standard InChI is InChI=1S/C14H11FN2O2/c1-17-12(4-5-13(17)14(18)19)11-6-8-2-3-9(15)7-10(8)16-11/h2-7,16H,1H3,(H,18,19).